The van der Waals surface area contributed by atoms with Crippen LogP contribution in [0.25, 0.3) is 0 Å². The highest BCUT2D eigenvalue weighted by atomic mass is 35.5. The minimum atomic E-state index is -0.268. The van der Waals surface area contributed by atoms with Crippen molar-refractivity contribution in [2.45, 2.75) is 16.0 Å². The Morgan fingerprint density at radius 2 is 2.06 bits per heavy atom. The van der Waals surface area contributed by atoms with Gasteiger partial charge < -0.3 is 4.74 Å². The molecule has 1 aromatic carbocycles. The van der Waals surface area contributed by atoms with Crippen molar-refractivity contribution in [2.24, 2.45) is 0 Å². The van der Waals surface area contributed by atoms with E-state index in [2.05, 4.69) is 0 Å². The van der Waals surface area contributed by atoms with E-state index in [1.54, 1.807) is 24.8 Å². The minimum Gasteiger partial charge on any atom is -0.462 e. The zero-order valence-corrected chi connectivity index (χ0v) is 12.1. The van der Waals surface area contributed by atoms with Crippen molar-refractivity contribution in [3.63, 3.8) is 0 Å². The van der Waals surface area contributed by atoms with Crippen LogP contribution >= 0.6 is 34.7 Å². The molecule has 0 fully saturated rings. The smallest absolute Gasteiger partial charge is 0.340 e. The highest BCUT2D eigenvalue weighted by Gasteiger charge is 2.14. The lowest BCUT2D eigenvalue weighted by molar-refractivity contribution is 0.0523. The Balaban J connectivity index is 2.17. The van der Waals surface area contributed by atoms with Gasteiger partial charge in [0.25, 0.3) is 0 Å². The lowest BCUT2D eigenvalue weighted by atomic mass is 10.3. The number of esters is 1. The van der Waals surface area contributed by atoms with Gasteiger partial charge in [-0.25, -0.2) is 4.79 Å². The molecule has 0 bridgehead atoms. The molecular formula is C13H11ClO2S2. The number of rotatable bonds is 4. The van der Waals surface area contributed by atoms with Crippen LogP contribution in [0, 0.1) is 0 Å². The Hall–Kier alpha value is -0.970. The van der Waals surface area contributed by atoms with Crippen LogP contribution in [0.1, 0.15) is 17.3 Å². The normalized spacial score (nSPS) is 10.3. The summed E-state index contributed by atoms with van der Waals surface area (Å²) >= 11 is 8.91. The van der Waals surface area contributed by atoms with Crippen molar-refractivity contribution < 1.29 is 9.53 Å². The molecule has 2 rings (SSSR count). The predicted octanol–water partition coefficient (Wildman–Crippen LogP) is 4.73. The van der Waals surface area contributed by atoms with Crippen LogP contribution in [0.2, 0.25) is 5.02 Å². The number of ether oxygens (including phenoxy) is 1. The first kappa shape index (κ1) is 13.5. The molecule has 0 spiro atoms. The number of thiophene rings is 1. The molecular weight excluding hydrogens is 288 g/mol. The Morgan fingerprint density at radius 1 is 1.33 bits per heavy atom. The van der Waals surface area contributed by atoms with Crippen LogP contribution < -0.4 is 0 Å². The van der Waals surface area contributed by atoms with Crippen LogP contribution in [-0.4, -0.2) is 12.6 Å². The van der Waals surface area contributed by atoms with Crippen LogP contribution in [0.15, 0.2) is 44.8 Å². The molecule has 0 saturated heterocycles. The van der Waals surface area contributed by atoms with Gasteiger partial charge >= 0.3 is 5.97 Å². The van der Waals surface area contributed by atoms with Gasteiger partial charge in [-0.2, -0.15) is 0 Å². The van der Waals surface area contributed by atoms with E-state index in [-0.39, 0.29) is 5.97 Å². The molecule has 0 radical (unpaired) electrons. The molecule has 2 aromatic rings. The van der Waals surface area contributed by atoms with Crippen LogP contribution in [0.4, 0.5) is 0 Å². The van der Waals surface area contributed by atoms with Crippen molar-refractivity contribution in [3.05, 3.63) is 46.3 Å². The zero-order valence-electron chi connectivity index (χ0n) is 9.68. The first-order valence-corrected chi connectivity index (χ1v) is 7.46. The van der Waals surface area contributed by atoms with Crippen LogP contribution in [-0.2, 0) is 4.74 Å². The molecule has 1 aromatic heterocycles. The third-order valence-electron chi connectivity index (χ3n) is 2.15. The van der Waals surface area contributed by atoms with E-state index in [4.69, 9.17) is 16.3 Å². The molecule has 0 aliphatic rings. The maximum atomic E-state index is 11.7. The summed E-state index contributed by atoms with van der Waals surface area (Å²) in [5, 5.41) is 2.60. The molecule has 1 heterocycles. The molecule has 2 nitrogen and oxygen atoms in total. The number of halogens is 1. The monoisotopic (exact) mass is 298 g/mol. The van der Waals surface area contributed by atoms with E-state index in [1.165, 1.54) is 11.3 Å². The van der Waals surface area contributed by atoms with Gasteiger partial charge in [0.05, 0.1) is 16.4 Å². The standard InChI is InChI=1S/C13H11ClO2S2/c1-2-16-12(15)11-7-8-17-13(11)18-10-5-3-9(14)4-6-10/h3-8H,2H2,1H3. The Kier molecular flexibility index (Phi) is 4.69. The van der Waals surface area contributed by atoms with Crippen molar-refractivity contribution in [1.82, 2.24) is 0 Å². The first-order chi connectivity index (χ1) is 8.70. The average Bonchev–Trinajstić information content (AvgIpc) is 2.81. The summed E-state index contributed by atoms with van der Waals surface area (Å²) in [5.41, 5.74) is 0.627. The molecule has 0 aliphatic heterocycles. The largest absolute Gasteiger partial charge is 0.462 e. The second-order valence-electron chi connectivity index (χ2n) is 3.40. The number of carbonyl (C=O) groups is 1. The highest BCUT2D eigenvalue weighted by Crippen LogP contribution is 2.35. The molecule has 0 N–H and O–H groups in total. The summed E-state index contributed by atoms with van der Waals surface area (Å²) < 4.78 is 5.96. The topological polar surface area (TPSA) is 26.3 Å². The predicted molar refractivity (Wildman–Crippen MR) is 75.9 cm³/mol. The van der Waals surface area contributed by atoms with Gasteiger partial charge in [-0.1, -0.05) is 23.4 Å². The maximum absolute atomic E-state index is 11.7. The Morgan fingerprint density at radius 3 is 2.72 bits per heavy atom. The summed E-state index contributed by atoms with van der Waals surface area (Å²) in [6.45, 7) is 2.19. The summed E-state index contributed by atoms with van der Waals surface area (Å²) in [7, 11) is 0. The summed E-state index contributed by atoms with van der Waals surface area (Å²) in [4.78, 5) is 12.8. The van der Waals surface area contributed by atoms with Crippen molar-refractivity contribution in [3.8, 4) is 0 Å². The van der Waals surface area contributed by atoms with Gasteiger partial charge in [0, 0.05) is 9.92 Å². The van der Waals surface area contributed by atoms with Gasteiger partial charge in [-0.15, -0.1) is 11.3 Å². The molecule has 0 saturated carbocycles. The molecule has 0 amide bonds. The Bertz CT molecular complexity index is 534. The molecule has 0 unspecified atom stereocenters. The highest BCUT2D eigenvalue weighted by molar-refractivity contribution is 8.01. The van der Waals surface area contributed by atoms with Crippen molar-refractivity contribution >= 4 is 40.7 Å². The number of benzene rings is 1. The van der Waals surface area contributed by atoms with Gasteiger partial charge in [0.1, 0.15) is 0 Å². The summed E-state index contributed by atoms with van der Waals surface area (Å²) in [5.74, 6) is -0.268. The third kappa shape index (κ3) is 3.28. The zero-order chi connectivity index (χ0) is 13.0. The SMILES string of the molecule is CCOC(=O)c1ccsc1Sc1ccc(Cl)cc1. The van der Waals surface area contributed by atoms with E-state index < -0.39 is 0 Å². The van der Waals surface area contributed by atoms with E-state index in [0.29, 0.717) is 17.2 Å². The van der Waals surface area contributed by atoms with E-state index in [1.807, 2.05) is 29.6 Å². The fourth-order valence-electron chi connectivity index (χ4n) is 1.34. The number of hydrogen-bond acceptors (Lipinski definition) is 4. The lowest BCUT2D eigenvalue weighted by Crippen LogP contribution is -2.03. The second-order valence-corrected chi connectivity index (χ2v) is 6.09. The lowest BCUT2D eigenvalue weighted by Gasteiger charge is -2.03. The second kappa shape index (κ2) is 6.27. The maximum Gasteiger partial charge on any atom is 0.340 e. The number of hydrogen-bond donors (Lipinski definition) is 0. The summed E-state index contributed by atoms with van der Waals surface area (Å²) in [6, 6.07) is 9.33. The van der Waals surface area contributed by atoms with E-state index >= 15 is 0 Å². The van der Waals surface area contributed by atoms with Crippen LogP contribution in [0.5, 0.6) is 0 Å². The van der Waals surface area contributed by atoms with Crippen molar-refractivity contribution in [1.29, 1.82) is 0 Å². The van der Waals surface area contributed by atoms with Crippen LogP contribution in [0.3, 0.4) is 0 Å². The van der Waals surface area contributed by atoms with E-state index in [0.717, 1.165) is 9.10 Å². The molecule has 0 aliphatic carbocycles. The van der Waals surface area contributed by atoms with Gasteiger partial charge in [-0.3, -0.25) is 0 Å². The van der Waals surface area contributed by atoms with Gasteiger partial charge in [0.15, 0.2) is 0 Å². The van der Waals surface area contributed by atoms with Gasteiger partial charge in [0.2, 0.25) is 0 Å². The minimum absolute atomic E-state index is 0.268. The van der Waals surface area contributed by atoms with Gasteiger partial charge in [-0.05, 0) is 42.6 Å². The summed E-state index contributed by atoms with van der Waals surface area (Å²) in [6.07, 6.45) is 0. The third-order valence-corrected chi connectivity index (χ3v) is 4.56. The average molecular weight is 299 g/mol. The Labute approximate surface area is 119 Å². The molecule has 5 heteroatoms. The molecule has 18 heavy (non-hydrogen) atoms. The quantitative estimate of drug-likeness (QED) is 0.763. The number of carbonyl (C=O) groups excluding carboxylic acids is 1. The molecule has 0 atom stereocenters. The van der Waals surface area contributed by atoms with E-state index in [9.17, 15) is 4.79 Å². The fraction of sp³-hybridized carbons (Fsp3) is 0.154. The van der Waals surface area contributed by atoms with Crippen molar-refractivity contribution in [2.75, 3.05) is 6.61 Å². The molecule has 94 valence electrons. The fourth-order valence-corrected chi connectivity index (χ4v) is 3.47. The first-order valence-electron chi connectivity index (χ1n) is 5.38.